The Kier molecular flexibility index (Phi) is 3.15. The van der Waals surface area contributed by atoms with Gasteiger partial charge in [0, 0.05) is 7.05 Å². The number of fused-ring (bicyclic) bond motifs is 1. The molecule has 0 saturated heterocycles. The Morgan fingerprint density at radius 1 is 1.00 bits per heavy atom. The van der Waals surface area contributed by atoms with Gasteiger partial charge in [-0.3, -0.25) is 4.79 Å². The molecular weight excluding hydrogens is 246 g/mol. The number of likely N-dealkylation sites (N-methyl/N-ethyl adjacent to an activating group) is 1. The molecule has 2 aromatic rings. The van der Waals surface area contributed by atoms with Gasteiger partial charge in [0.1, 0.15) is 0 Å². The number of nitrogens with zero attached hydrogens (tertiary/aromatic N) is 1. The van der Waals surface area contributed by atoms with E-state index in [-0.39, 0.29) is 5.91 Å². The highest BCUT2D eigenvalue weighted by molar-refractivity contribution is 5.96. The fraction of sp³-hybridized carbons (Fsp3) is 0.167. The molecule has 0 spiro atoms. The highest BCUT2D eigenvalue weighted by Crippen LogP contribution is 2.27. The largest absolute Gasteiger partial charge is 0.315 e. The lowest BCUT2D eigenvalue weighted by Gasteiger charge is -2.19. The summed E-state index contributed by atoms with van der Waals surface area (Å²) in [5.74, 6) is 0.127. The van der Waals surface area contributed by atoms with Crippen LogP contribution in [0.2, 0.25) is 0 Å². The molecule has 20 heavy (non-hydrogen) atoms. The van der Waals surface area contributed by atoms with E-state index >= 15 is 0 Å². The number of carbonyl (C=O) groups excluding carboxylic acids is 1. The van der Waals surface area contributed by atoms with Crippen LogP contribution in [0.4, 0.5) is 0 Å². The first-order valence-electron chi connectivity index (χ1n) is 6.78. The minimum Gasteiger partial charge on any atom is -0.315 e. The molecule has 2 nitrogen and oxygen atoms in total. The third-order valence-corrected chi connectivity index (χ3v) is 3.77. The molecule has 0 unspecified atom stereocenters. The second-order valence-electron chi connectivity index (χ2n) is 5.22. The second kappa shape index (κ2) is 4.97. The van der Waals surface area contributed by atoms with Crippen molar-refractivity contribution in [3.8, 4) is 0 Å². The third-order valence-electron chi connectivity index (χ3n) is 3.77. The van der Waals surface area contributed by atoms with Crippen LogP contribution in [0.15, 0.2) is 48.5 Å². The van der Waals surface area contributed by atoms with Crippen LogP contribution in [0.5, 0.6) is 0 Å². The van der Waals surface area contributed by atoms with E-state index < -0.39 is 0 Å². The maximum atomic E-state index is 12.3. The maximum absolute atomic E-state index is 12.3. The zero-order valence-electron chi connectivity index (χ0n) is 11.8. The molecule has 3 rings (SSSR count). The minimum absolute atomic E-state index is 0.127. The predicted molar refractivity (Wildman–Crippen MR) is 82.0 cm³/mol. The highest BCUT2D eigenvalue weighted by Gasteiger charge is 2.20. The average Bonchev–Trinajstić information content (AvgIpc) is 2.58. The van der Waals surface area contributed by atoms with E-state index in [4.69, 9.17) is 0 Å². The van der Waals surface area contributed by atoms with E-state index in [1.165, 1.54) is 5.56 Å². The Labute approximate surface area is 119 Å². The number of amides is 1. The summed E-state index contributed by atoms with van der Waals surface area (Å²) in [6.07, 6.45) is 2.56. The summed E-state index contributed by atoms with van der Waals surface area (Å²) in [6.45, 7) is 2.06. The first kappa shape index (κ1) is 12.7. The summed E-state index contributed by atoms with van der Waals surface area (Å²) < 4.78 is 0. The molecule has 0 aromatic heterocycles. The smallest absolute Gasteiger partial charge is 0.231 e. The zero-order valence-corrected chi connectivity index (χ0v) is 11.8. The Morgan fingerprint density at radius 2 is 1.70 bits per heavy atom. The van der Waals surface area contributed by atoms with Crippen molar-refractivity contribution in [3.05, 3.63) is 70.8 Å². The number of hydrogen-bond donors (Lipinski definition) is 0. The Morgan fingerprint density at radius 3 is 2.45 bits per heavy atom. The summed E-state index contributed by atoms with van der Waals surface area (Å²) in [7, 11) is 1.85. The molecule has 1 amide bonds. The van der Waals surface area contributed by atoms with Crippen molar-refractivity contribution in [1.29, 1.82) is 0 Å². The summed E-state index contributed by atoms with van der Waals surface area (Å²) in [5.41, 5.74) is 5.47. The van der Waals surface area contributed by atoms with Gasteiger partial charge in [-0.15, -0.1) is 0 Å². The Balaban J connectivity index is 2.14. The fourth-order valence-electron chi connectivity index (χ4n) is 2.50. The van der Waals surface area contributed by atoms with Gasteiger partial charge in [0.2, 0.25) is 5.91 Å². The first-order chi connectivity index (χ1) is 9.65. The average molecular weight is 263 g/mol. The lowest BCUT2D eigenvalue weighted by Crippen LogP contribution is -2.25. The number of rotatable bonds is 1. The van der Waals surface area contributed by atoms with Crippen LogP contribution in [-0.2, 0) is 11.2 Å². The minimum atomic E-state index is 0.127. The van der Waals surface area contributed by atoms with Crippen molar-refractivity contribution in [2.45, 2.75) is 13.3 Å². The number of aryl methyl sites for hydroxylation is 1. The number of carbonyl (C=O) groups is 1. The van der Waals surface area contributed by atoms with Gasteiger partial charge in [-0.25, -0.2) is 0 Å². The molecule has 2 aromatic carbocycles. The fourth-order valence-corrected chi connectivity index (χ4v) is 2.50. The third kappa shape index (κ3) is 2.25. The molecular formula is C18H17NO. The summed E-state index contributed by atoms with van der Waals surface area (Å²) in [6, 6.07) is 16.4. The molecule has 1 aliphatic heterocycles. The second-order valence-corrected chi connectivity index (χ2v) is 5.22. The van der Waals surface area contributed by atoms with Crippen molar-refractivity contribution in [2.75, 3.05) is 7.05 Å². The van der Waals surface area contributed by atoms with Gasteiger partial charge in [0.15, 0.2) is 0 Å². The van der Waals surface area contributed by atoms with Crippen molar-refractivity contribution < 1.29 is 4.79 Å². The quantitative estimate of drug-likeness (QED) is 0.771. The molecule has 100 valence electrons. The predicted octanol–water partition coefficient (Wildman–Crippen LogP) is 3.51. The van der Waals surface area contributed by atoms with Gasteiger partial charge in [-0.2, -0.15) is 0 Å². The lowest BCUT2D eigenvalue weighted by molar-refractivity contribution is -0.126. The van der Waals surface area contributed by atoms with E-state index in [1.54, 1.807) is 4.90 Å². The monoisotopic (exact) mass is 263 g/mol. The lowest BCUT2D eigenvalue weighted by atomic mass is 10.0. The molecule has 0 atom stereocenters. The Hall–Kier alpha value is -2.35. The van der Waals surface area contributed by atoms with E-state index in [2.05, 4.69) is 43.3 Å². The van der Waals surface area contributed by atoms with Crippen molar-refractivity contribution in [2.24, 2.45) is 0 Å². The topological polar surface area (TPSA) is 20.3 Å². The van der Waals surface area contributed by atoms with Crippen LogP contribution < -0.4 is 0 Å². The van der Waals surface area contributed by atoms with Gasteiger partial charge in [0.05, 0.1) is 12.1 Å². The van der Waals surface area contributed by atoms with E-state index in [0.717, 1.165) is 22.4 Å². The van der Waals surface area contributed by atoms with Crippen molar-refractivity contribution >= 4 is 17.7 Å². The van der Waals surface area contributed by atoms with E-state index in [1.807, 2.05) is 25.2 Å². The molecule has 0 radical (unpaired) electrons. The number of hydrogen-bond acceptors (Lipinski definition) is 1. The molecule has 1 heterocycles. The maximum Gasteiger partial charge on any atom is 0.231 e. The van der Waals surface area contributed by atoms with Crippen LogP contribution in [0, 0.1) is 6.92 Å². The molecule has 0 N–H and O–H groups in total. The van der Waals surface area contributed by atoms with Crippen LogP contribution in [0.3, 0.4) is 0 Å². The zero-order chi connectivity index (χ0) is 14.1. The molecule has 0 saturated carbocycles. The first-order valence-corrected chi connectivity index (χ1v) is 6.78. The summed E-state index contributed by atoms with van der Waals surface area (Å²) in [5, 5.41) is 0. The molecule has 0 fully saturated rings. The summed E-state index contributed by atoms with van der Waals surface area (Å²) >= 11 is 0. The molecule has 1 aliphatic rings. The Bertz CT molecular complexity index is 683. The van der Waals surface area contributed by atoms with Crippen molar-refractivity contribution in [1.82, 2.24) is 4.90 Å². The molecule has 0 bridgehead atoms. The normalized spacial score (nSPS) is 14.6. The molecule has 0 aliphatic carbocycles. The van der Waals surface area contributed by atoms with Gasteiger partial charge >= 0.3 is 0 Å². The van der Waals surface area contributed by atoms with E-state index in [0.29, 0.717) is 6.42 Å². The molecule has 2 heteroatoms. The van der Waals surface area contributed by atoms with Gasteiger partial charge in [0.25, 0.3) is 0 Å². The highest BCUT2D eigenvalue weighted by atomic mass is 16.2. The van der Waals surface area contributed by atoms with Crippen LogP contribution in [0.25, 0.3) is 11.8 Å². The summed E-state index contributed by atoms with van der Waals surface area (Å²) in [4.78, 5) is 14.1. The van der Waals surface area contributed by atoms with Gasteiger partial charge in [-0.1, -0.05) is 54.1 Å². The van der Waals surface area contributed by atoms with Crippen LogP contribution >= 0.6 is 0 Å². The van der Waals surface area contributed by atoms with Crippen LogP contribution in [-0.4, -0.2) is 17.9 Å². The van der Waals surface area contributed by atoms with Crippen LogP contribution in [0.1, 0.15) is 22.3 Å². The standard InChI is InChI=1S/C18H17NO/c1-13-7-9-14(10-8-13)17-11-15-5-3-4-6-16(15)12-18(20)19(17)2/h3-11H,12H2,1-2H3. The SMILES string of the molecule is Cc1ccc(C2=Cc3ccccc3CC(=O)N2C)cc1. The van der Waals surface area contributed by atoms with E-state index in [9.17, 15) is 4.79 Å². The van der Waals surface area contributed by atoms with Gasteiger partial charge < -0.3 is 4.90 Å². The number of benzene rings is 2. The van der Waals surface area contributed by atoms with Crippen molar-refractivity contribution in [3.63, 3.8) is 0 Å². The van der Waals surface area contributed by atoms with Gasteiger partial charge in [-0.05, 0) is 29.7 Å².